The predicted molar refractivity (Wildman–Crippen MR) is 69.3 cm³/mol. The van der Waals surface area contributed by atoms with Gasteiger partial charge in [-0.1, -0.05) is 11.6 Å². The fourth-order valence-corrected chi connectivity index (χ4v) is 1.43. The Morgan fingerprint density at radius 3 is 2.61 bits per heavy atom. The van der Waals surface area contributed by atoms with Gasteiger partial charge in [-0.15, -0.1) is 0 Å². The van der Waals surface area contributed by atoms with Crippen molar-refractivity contribution in [2.75, 3.05) is 10.7 Å². The summed E-state index contributed by atoms with van der Waals surface area (Å²) in [4.78, 5) is 7.94. The molecular formula is C11H9ClN6. The van der Waals surface area contributed by atoms with Crippen LogP contribution >= 0.6 is 11.6 Å². The Morgan fingerprint density at radius 1 is 1.28 bits per heavy atom. The van der Waals surface area contributed by atoms with Gasteiger partial charge in [0.2, 0.25) is 5.95 Å². The summed E-state index contributed by atoms with van der Waals surface area (Å²) in [5, 5.41) is 12.1. The summed E-state index contributed by atoms with van der Waals surface area (Å²) in [7, 11) is 0. The minimum atomic E-state index is 0.260. The minimum Gasteiger partial charge on any atom is -0.339 e. The molecule has 0 amide bonds. The molecule has 6 nitrogen and oxygen atoms in total. The number of hydrogen-bond acceptors (Lipinski definition) is 6. The molecule has 1 aromatic heterocycles. The number of halogens is 1. The number of nitriles is 1. The average molecular weight is 261 g/mol. The first-order valence-electron chi connectivity index (χ1n) is 4.99. The lowest BCUT2D eigenvalue weighted by Gasteiger charge is -2.08. The second-order valence-electron chi connectivity index (χ2n) is 3.35. The molecule has 0 radical (unpaired) electrons. The Hall–Kier alpha value is -2.36. The molecule has 2 rings (SSSR count). The third-order valence-corrected chi connectivity index (χ3v) is 2.43. The lowest BCUT2D eigenvalue weighted by Crippen LogP contribution is -2.11. The molecule has 1 aromatic carbocycles. The highest BCUT2D eigenvalue weighted by Gasteiger charge is 2.05. The number of rotatable bonds is 3. The number of anilines is 3. The van der Waals surface area contributed by atoms with Crippen molar-refractivity contribution in [1.82, 2.24) is 9.97 Å². The number of aromatic nitrogens is 2. The standard InChI is InChI=1S/C11H9ClN6/c12-9-6-15-11(18-14)17-10(9)16-8-3-1-7(5-13)2-4-8/h1-4,6H,14H2,(H2,15,16,17,18). The van der Waals surface area contributed by atoms with E-state index in [-0.39, 0.29) is 5.95 Å². The number of hydrazine groups is 1. The van der Waals surface area contributed by atoms with Gasteiger partial charge in [-0.3, -0.25) is 5.43 Å². The highest BCUT2D eigenvalue weighted by Crippen LogP contribution is 2.23. The zero-order valence-corrected chi connectivity index (χ0v) is 9.94. The zero-order valence-electron chi connectivity index (χ0n) is 9.18. The number of nitrogens with two attached hydrogens (primary N) is 1. The molecular weight excluding hydrogens is 252 g/mol. The maximum absolute atomic E-state index is 8.70. The van der Waals surface area contributed by atoms with E-state index in [4.69, 9.17) is 22.7 Å². The van der Waals surface area contributed by atoms with Crippen LogP contribution in [0.2, 0.25) is 5.02 Å². The third-order valence-electron chi connectivity index (χ3n) is 2.15. The topological polar surface area (TPSA) is 99.7 Å². The third kappa shape index (κ3) is 2.66. The number of hydrogen-bond donors (Lipinski definition) is 3. The molecule has 0 fully saturated rings. The average Bonchev–Trinajstić information content (AvgIpc) is 2.42. The van der Waals surface area contributed by atoms with Gasteiger partial charge in [-0.2, -0.15) is 10.2 Å². The van der Waals surface area contributed by atoms with Crippen LogP contribution in [-0.2, 0) is 0 Å². The normalized spacial score (nSPS) is 9.61. The van der Waals surface area contributed by atoms with Gasteiger partial charge in [0, 0.05) is 5.69 Å². The Kier molecular flexibility index (Phi) is 3.57. The second-order valence-corrected chi connectivity index (χ2v) is 3.76. The van der Waals surface area contributed by atoms with E-state index in [1.165, 1.54) is 6.20 Å². The molecule has 4 N–H and O–H groups in total. The van der Waals surface area contributed by atoms with Gasteiger partial charge in [-0.25, -0.2) is 10.8 Å². The van der Waals surface area contributed by atoms with Crippen molar-refractivity contribution in [2.24, 2.45) is 5.84 Å². The summed E-state index contributed by atoms with van der Waals surface area (Å²) in [6, 6.07) is 8.94. The van der Waals surface area contributed by atoms with Gasteiger partial charge >= 0.3 is 0 Å². The monoisotopic (exact) mass is 260 g/mol. The van der Waals surface area contributed by atoms with Gasteiger partial charge < -0.3 is 5.32 Å². The molecule has 0 aliphatic rings. The summed E-state index contributed by atoms with van der Waals surface area (Å²) < 4.78 is 0. The van der Waals surface area contributed by atoms with Crippen LogP contribution in [0.25, 0.3) is 0 Å². The van der Waals surface area contributed by atoms with Crippen LogP contribution in [-0.4, -0.2) is 9.97 Å². The van der Waals surface area contributed by atoms with Crippen molar-refractivity contribution in [1.29, 1.82) is 5.26 Å². The first kappa shape index (κ1) is 12.1. The van der Waals surface area contributed by atoms with Crippen LogP contribution in [0.15, 0.2) is 30.5 Å². The molecule has 0 atom stereocenters. The number of benzene rings is 1. The molecule has 0 unspecified atom stereocenters. The summed E-state index contributed by atoms with van der Waals surface area (Å²) in [6.45, 7) is 0. The van der Waals surface area contributed by atoms with Gasteiger partial charge in [0.25, 0.3) is 0 Å². The quantitative estimate of drug-likeness (QED) is 0.577. The highest BCUT2D eigenvalue weighted by molar-refractivity contribution is 6.32. The fourth-order valence-electron chi connectivity index (χ4n) is 1.29. The van der Waals surface area contributed by atoms with Gasteiger partial charge in [0.15, 0.2) is 5.82 Å². The molecule has 0 aliphatic carbocycles. The van der Waals surface area contributed by atoms with Crippen molar-refractivity contribution in [2.45, 2.75) is 0 Å². The van der Waals surface area contributed by atoms with Crippen molar-refractivity contribution >= 4 is 29.1 Å². The van der Waals surface area contributed by atoms with Crippen LogP contribution in [0.4, 0.5) is 17.5 Å². The molecule has 0 saturated heterocycles. The highest BCUT2D eigenvalue weighted by atomic mass is 35.5. The maximum atomic E-state index is 8.70. The van der Waals surface area contributed by atoms with Crippen LogP contribution in [0.5, 0.6) is 0 Å². The lowest BCUT2D eigenvalue weighted by atomic mass is 10.2. The van der Waals surface area contributed by atoms with E-state index < -0.39 is 0 Å². The van der Waals surface area contributed by atoms with Crippen LogP contribution in [0.3, 0.4) is 0 Å². The molecule has 0 bridgehead atoms. The van der Waals surface area contributed by atoms with Crippen LogP contribution in [0.1, 0.15) is 5.56 Å². The Bertz CT molecular complexity index is 589. The Labute approximate surface area is 108 Å². The number of nitrogen functional groups attached to an aromatic ring is 1. The van der Waals surface area contributed by atoms with E-state index in [1.807, 2.05) is 6.07 Å². The minimum absolute atomic E-state index is 0.260. The first-order chi connectivity index (χ1) is 8.72. The Balaban J connectivity index is 2.25. The van der Waals surface area contributed by atoms with Crippen molar-refractivity contribution in [3.8, 4) is 6.07 Å². The molecule has 2 aromatic rings. The largest absolute Gasteiger partial charge is 0.339 e. The van der Waals surface area contributed by atoms with Crippen LogP contribution < -0.4 is 16.6 Å². The van der Waals surface area contributed by atoms with Gasteiger partial charge in [0.1, 0.15) is 5.02 Å². The molecule has 7 heteroatoms. The lowest BCUT2D eigenvalue weighted by molar-refractivity contribution is 1.12. The summed E-state index contributed by atoms with van der Waals surface area (Å²) in [6.07, 6.45) is 1.44. The van der Waals surface area contributed by atoms with Crippen molar-refractivity contribution in [3.63, 3.8) is 0 Å². The molecule has 0 spiro atoms. The SMILES string of the molecule is N#Cc1ccc(Nc2nc(NN)ncc2Cl)cc1. The molecule has 90 valence electrons. The van der Waals surface area contributed by atoms with Crippen molar-refractivity contribution in [3.05, 3.63) is 41.0 Å². The maximum Gasteiger partial charge on any atom is 0.239 e. The van der Waals surface area contributed by atoms with Crippen molar-refractivity contribution < 1.29 is 0 Å². The second kappa shape index (κ2) is 5.31. The number of nitrogens with one attached hydrogen (secondary N) is 2. The van der Waals surface area contributed by atoms with Crippen LogP contribution in [0, 0.1) is 11.3 Å². The molecule has 0 aliphatic heterocycles. The smallest absolute Gasteiger partial charge is 0.239 e. The summed E-state index contributed by atoms with van der Waals surface area (Å²) in [5.74, 6) is 5.91. The summed E-state index contributed by atoms with van der Waals surface area (Å²) >= 11 is 5.95. The molecule has 1 heterocycles. The predicted octanol–water partition coefficient (Wildman–Crippen LogP) is 2.03. The van der Waals surface area contributed by atoms with E-state index in [0.29, 0.717) is 16.4 Å². The number of nitrogens with zero attached hydrogens (tertiary/aromatic N) is 3. The summed E-state index contributed by atoms with van der Waals surface area (Å²) in [5.41, 5.74) is 3.68. The fraction of sp³-hybridized carbons (Fsp3) is 0. The first-order valence-corrected chi connectivity index (χ1v) is 5.37. The van der Waals surface area contributed by atoms with E-state index in [0.717, 1.165) is 5.69 Å². The molecule has 0 saturated carbocycles. The van der Waals surface area contributed by atoms with Gasteiger partial charge in [-0.05, 0) is 24.3 Å². The van der Waals surface area contributed by atoms with E-state index in [9.17, 15) is 0 Å². The van der Waals surface area contributed by atoms with E-state index >= 15 is 0 Å². The van der Waals surface area contributed by atoms with E-state index in [1.54, 1.807) is 24.3 Å². The Morgan fingerprint density at radius 2 is 2.00 bits per heavy atom. The van der Waals surface area contributed by atoms with E-state index in [2.05, 4.69) is 20.7 Å². The van der Waals surface area contributed by atoms with Gasteiger partial charge in [0.05, 0.1) is 17.8 Å². The zero-order chi connectivity index (χ0) is 13.0. The molecule has 18 heavy (non-hydrogen) atoms.